The van der Waals surface area contributed by atoms with E-state index in [1.54, 1.807) is 32.4 Å². The van der Waals surface area contributed by atoms with Crippen LogP contribution in [0.2, 0.25) is 0 Å². The van der Waals surface area contributed by atoms with Crippen molar-refractivity contribution >= 4 is 35.5 Å². The van der Waals surface area contributed by atoms with Crippen LogP contribution in [0.25, 0.3) is 23.6 Å². The Bertz CT molecular complexity index is 1410. The number of nitrogens with zero attached hydrogens (tertiary/aromatic N) is 2. The summed E-state index contributed by atoms with van der Waals surface area (Å²) in [6.07, 6.45) is -0.634. The van der Waals surface area contributed by atoms with Gasteiger partial charge < -0.3 is 19.2 Å². The van der Waals surface area contributed by atoms with E-state index >= 15 is 0 Å². The number of hydrogen-bond donors (Lipinski definition) is 1. The van der Waals surface area contributed by atoms with E-state index in [2.05, 4.69) is 15.5 Å². The summed E-state index contributed by atoms with van der Waals surface area (Å²) < 4.78 is 54.8. The molecule has 0 aliphatic carbocycles. The highest BCUT2D eigenvalue weighted by atomic mass is 32.2. The number of benzene rings is 3. The van der Waals surface area contributed by atoms with Gasteiger partial charge in [-0.15, -0.1) is 10.2 Å². The number of halogens is 3. The summed E-state index contributed by atoms with van der Waals surface area (Å²) >= 11 is 0.982. The first-order valence-electron chi connectivity index (χ1n) is 11.2. The number of carbonyl (C=O) groups is 1. The molecule has 0 bridgehead atoms. The van der Waals surface area contributed by atoms with Crippen molar-refractivity contribution in [2.45, 2.75) is 11.4 Å². The summed E-state index contributed by atoms with van der Waals surface area (Å²) in [7, 11) is 3.18. The number of alkyl halides is 3. The zero-order chi connectivity index (χ0) is 27.1. The topological polar surface area (TPSA) is 86.5 Å². The average Bonchev–Trinajstić information content (AvgIpc) is 3.40. The van der Waals surface area contributed by atoms with Crippen molar-refractivity contribution < 1.29 is 31.9 Å². The zero-order valence-corrected chi connectivity index (χ0v) is 21.1. The van der Waals surface area contributed by atoms with Crippen LogP contribution in [0.5, 0.6) is 11.5 Å². The Hall–Kier alpha value is -4.25. The molecule has 0 radical (unpaired) electrons. The van der Waals surface area contributed by atoms with Crippen molar-refractivity contribution in [1.82, 2.24) is 10.2 Å². The van der Waals surface area contributed by atoms with E-state index in [4.69, 9.17) is 13.9 Å². The molecule has 4 aromatic rings. The molecule has 1 heterocycles. The van der Waals surface area contributed by atoms with Gasteiger partial charge in [-0.2, -0.15) is 13.2 Å². The maximum absolute atomic E-state index is 12.9. The molecule has 0 saturated heterocycles. The lowest BCUT2D eigenvalue weighted by Crippen LogP contribution is -2.13. The fourth-order valence-corrected chi connectivity index (χ4v) is 3.90. The molecular weight excluding hydrogens is 519 g/mol. The number of amides is 1. The van der Waals surface area contributed by atoms with Gasteiger partial charge >= 0.3 is 6.18 Å². The Labute approximate surface area is 220 Å². The molecule has 1 N–H and O–H groups in total. The highest BCUT2D eigenvalue weighted by Crippen LogP contribution is 2.32. The van der Waals surface area contributed by atoms with Crippen LogP contribution in [0, 0.1) is 0 Å². The summed E-state index contributed by atoms with van der Waals surface area (Å²) in [5, 5.41) is 10.4. The minimum absolute atomic E-state index is 0.0243. The van der Waals surface area contributed by atoms with Gasteiger partial charge in [-0.05, 0) is 53.6 Å². The Kier molecular flexibility index (Phi) is 8.37. The lowest BCUT2D eigenvalue weighted by molar-refractivity contribution is -0.137. The number of anilines is 1. The molecule has 0 aliphatic rings. The van der Waals surface area contributed by atoms with Crippen molar-refractivity contribution in [3.8, 4) is 23.0 Å². The van der Waals surface area contributed by atoms with Gasteiger partial charge in [0.1, 0.15) is 11.5 Å². The zero-order valence-electron chi connectivity index (χ0n) is 20.3. The predicted octanol–water partition coefficient (Wildman–Crippen LogP) is 6.67. The molecule has 1 amide bonds. The Morgan fingerprint density at radius 3 is 2.29 bits per heavy atom. The highest BCUT2D eigenvalue weighted by Gasteiger charge is 2.30. The van der Waals surface area contributed by atoms with E-state index in [0.717, 1.165) is 35.0 Å². The second-order valence-electron chi connectivity index (χ2n) is 7.89. The van der Waals surface area contributed by atoms with Gasteiger partial charge in [-0.1, -0.05) is 42.1 Å². The first-order valence-corrected chi connectivity index (χ1v) is 12.2. The van der Waals surface area contributed by atoms with Crippen LogP contribution in [0.3, 0.4) is 0 Å². The van der Waals surface area contributed by atoms with Crippen LogP contribution in [0.4, 0.5) is 18.9 Å². The lowest BCUT2D eigenvalue weighted by Gasteiger charge is -2.06. The number of aromatic nitrogens is 2. The summed E-state index contributed by atoms with van der Waals surface area (Å²) in [6.45, 7) is 0. The molecule has 0 atom stereocenters. The van der Waals surface area contributed by atoms with Gasteiger partial charge in [0.2, 0.25) is 11.8 Å². The number of rotatable bonds is 9. The number of ether oxygens (including phenoxy) is 2. The fraction of sp³-hybridized carbons (Fsp3) is 0.148. The second-order valence-corrected chi connectivity index (χ2v) is 8.82. The van der Waals surface area contributed by atoms with E-state index in [0.29, 0.717) is 17.2 Å². The molecular formula is C27H22F3N3O4S. The van der Waals surface area contributed by atoms with E-state index in [9.17, 15) is 18.0 Å². The van der Waals surface area contributed by atoms with Crippen LogP contribution in [0.15, 0.2) is 76.4 Å². The van der Waals surface area contributed by atoms with Crippen LogP contribution < -0.4 is 14.8 Å². The van der Waals surface area contributed by atoms with Gasteiger partial charge in [0.15, 0.2) is 0 Å². The largest absolute Gasteiger partial charge is 0.497 e. The summed E-state index contributed by atoms with van der Waals surface area (Å²) in [4.78, 5) is 12.3. The van der Waals surface area contributed by atoms with Crippen LogP contribution in [-0.2, 0) is 11.0 Å². The van der Waals surface area contributed by atoms with Gasteiger partial charge in [-0.25, -0.2) is 0 Å². The first kappa shape index (κ1) is 26.8. The average molecular weight is 542 g/mol. The number of methoxy groups -OCH3 is 2. The van der Waals surface area contributed by atoms with Crippen molar-refractivity contribution in [3.05, 3.63) is 83.4 Å². The van der Waals surface area contributed by atoms with E-state index in [1.807, 2.05) is 36.4 Å². The maximum Gasteiger partial charge on any atom is 0.416 e. The molecule has 4 rings (SSSR count). The molecule has 11 heteroatoms. The number of carbonyl (C=O) groups excluding carboxylic acids is 1. The minimum Gasteiger partial charge on any atom is -0.497 e. The van der Waals surface area contributed by atoms with Gasteiger partial charge in [0, 0.05) is 17.3 Å². The number of nitrogens with one attached hydrogen (secondary N) is 1. The molecule has 0 spiro atoms. The molecule has 1 aromatic heterocycles. The number of thioether (sulfide) groups is 1. The normalized spacial score (nSPS) is 11.5. The molecule has 38 heavy (non-hydrogen) atoms. The quantitative estimate of drug-likeness (QED) is 0.187. The Balaban J connectivity index is 1.31. The molecule has 0 saturated carbocycles. The SMILES string of the molecule is COc1cc(/C=C/c2ccc(NC(=O)CSc3nnc(-c4cccc(C(F)(F)F)c4)o3)cc2)cc(OC)c1. The third-order valence-corrected chi connectivity index (χ3v) is 6.02. The maximum atomic E-state index is 12.9. The fourth-order valence-electron chi connectivity index (χ4n) is 3.33. The molecule has 0 fully saturated rings. The molecule has 7 nitrogen and oxygen atoms in total. The monoisotopic (exact) mass is 541 g/mol. The predicted molar refractivity (Wildman–Crippen MR) is 139 cm³/mol. The summed E-state index contributed by atoms with van der Waals surface area (Å²) in [6, 6.07) is 17.4. The standard InChI is InChI=1S/C27H22F3N3O4S/c1-35-22-12-18(13-23(15-22)36-2)7-6-17-8-10-21(11-9-17)31-24(34)16-38-26-33-32-25(37-26)19-4-3-5-20(14-19)27(28,29)30/h3-15H,16H2,1-2H3,(H,31,34)/b7-6+. The van der Waals surface area contributed by atoms with Crippen LogP contribution in [-0.4, -0.2) is 36.1 Å². The second kappa shape index (κ2) is 11.9. The van der Waals surface area contributed by atoms with Crippen molar-refractivity contribution in [2.24, 2.45) is 0 Å². The van der Waals surface area contributed by atoms with E-state index in [1.165, 1.54) is 12.1 Å². The third kappa shape index (κ3) is 7.16. The Morgan fingerprint density at radius 1 is 0.947 bits per heavy atom. The van der Waals surface area contributed by atoms with E-state index < -0.39 is 11.7 Å². The van der Waals surface area contributed by atoms with Gasteiger partial charge in [-0.3, -0.25) is 4.79 Å². The summed E-state index contributed by atoms with van der Waals surface area (Å²) in [5.74, 6) is 0.985. The van der Waals surface area contributed by atoms with Crippen LogP contribution >= 0.6 is 11.8 Å². The lowest BCUT2D eigenvalue weighted by atomic mass is 10.1. The first-order chi connectivity index (χ1) is 18.2. The van der Waals surface area contributed by atoms with Crippen molar-refractivity contribution in [3.63, 3.8) is 0 Å². The Morgan fingerprint density at radius 2 is 1.63 bits per heavy atom. The van der Waals surface area contributed by atoms with Gasteiger partial charge in [0.05, 0.1) is 25.5 Å². The molecule has 0 unspecified atom stereocenters. The van der Waals surface area contributed by atoms with Gasteiger partial charge in [0.25, 0.3) is 5.22 Å². The van der Waals surface area contributed by atoms with Crippen molar-refractivity contribution in [1.29, 1.82) is 0 Å². The third-order valence-electron chi connectivity index (χ3n) is 5.21. The smallest absolute Gasteiger partial charge is 0.416 e. The molecule has 196 valence electrons. The van der Waals surface area contributed by atoms with E-state index in [-0.39, 0.29) is 28.3 Å². The highest BCUT2D eigenvalue weighted by molar-refractivity contribution is 7.99. The number of hydrogen-bond acceptors (Lipinski definition) is 7. The summed E-state index contributed by atoms with van der Waals surface area (Å²) in [5.41, 5.74) is 1.76. The van der Waals surface area contributed by atoms with Crippen LogP contribution in [0.1, 0.15) is 16.7 Å². The molecule has 0 aliphatic heterocycles. The molecule has 3 aromatic carbocycles. The minimum atomic E-state index is -4.48. The van der Waals surface area contributed by atoms with Crippen molar-refractivity contribution in [2.75, 3.05) is 25.3 Å².